The van der Waals surface area contributed by atoms with Gasteiger partial charge >= 0.3 is 0 Å². The van der Waals surface area contributed by atoms with E-state index in [4.69, 9.17) is 5.73 Å². The van der Waals surface area contributed by atoms with Gasteiger partial charge in [0.25, 0.3) is 0 Å². The van der Waals surface area contributed by atoms with Crippen molar-refractivity contribution in [3.63, 3.8) is 0 Å². The first kappa shape index (κ1) is 13.0. The molecule has 2 N–H and O–H groups in total. The molecule has 1 fully saturated rings. The quantitative estimate of drug-likeness (QED) is 0.918. The fraction of sp³-hybridized carbons (Fsp3) is 0.400. The average molecular weight is 269 g/mol. The number of rotatable bonds is 3. The molecule has 1 unspecified atom stereocenters. The maximum absolute atomic E-state index is 5.79. The van der Waals surface area contributed by atoms with Gasteiger partial charge in [-0.05, 0) is 43.5 Å². The van der Waals surface area contributed by atoms with Gasteiger partial charge < -0.3 is 10.6 Å². The second-order valence-corrected chi connectivity index (χ2v) is 5.15. The molecular weight excluding hydrogens is 250 g/mol. The monoisotopic (exact) mass is 269 g/mol. The second-order valence-electron chi connectivity index (χ2n) is 5.15. The molecule has 104 valence electrons. The van der Waals surface area contributed by atoms with Gasteiger partial charge in [0.05, 0.1) is 11.4 Å². The van der Waals surface area contributed by atoms with E-state index in [0.29, 0.717) is 5.92 Å². The summed E-state index contributed by atoms with van der Waals surface area (Å²) in [6.45, 7) is 2.68. The van der Waals surface area contributed by atoms with Crippen molar-refractivity contribution in [3.05, 3.63) is 36.7 Å². The molecule has 1 saturated heterocycles. The maximum atomic E-state index is 5.79. The Morgan fingerprint density at radius 3 is 2.90 bits per heavy atom. The maximum Gasteiger partial charge on any atom is 0.225 e. The lowest BCUT2D eigenvalue weighted by Gasteiger charge is -2.32. The fourth-order valence-corrected chi connectivity index (χ4v) is 2.60. The fourth-order valence-electron chi connectivity index (χ4n) is 2.60. The number of aromatic nitrogens is 3. The van der Waals surface area contributed by atoms with Crippen molar-refractivity contribution < 1.29 is 0 Å². The lowest BCUT2D eigenvalue weighted by molar-refractivity contribution is 0.419. The number of piperidine rings is 1. The van der Waals surface area contributed by atoms with Crippen molar-refractivity contribution in [2.75, 3.05) is 24.5 Å². The third-order valence-corrected chi connectivity index (χ3v) is 3.71. The van der Waals surface area contributed by atoms with Crippen LogP contribution in [0.1, 0.15) is 12.8 Å². The molecule has 0 radical (unpaired) electrons. The summed E-state index contributed by atoms with van der Waals surface area (Å²) in [5.74, 6) is 1.33. The van der Waals surface area contributed by atoms with E-state index in [1.165, 1.54) is 6.42 Å². The summed E-state index contributed by atoms with van der Waals surface area (Å²) in [5, 5.41) is 0. The van der Waals surface area contributed by atoms with Crippen LogP contribution in [0, 0.1) is 5.92 Å². The predicted octanol–water partition coefficient (Wildman–Crippen LogP) is 1.71. The van der Waals surface area contributed by atoms with Gasteiger partial charge in [0.2, 0.25) is 5.95 Å². The SMILES string of the molecule is NCC1CCCN(c2nccc(-c3ccccn3)n2)C1. The largest absolute Gasteiger partial charge is 0.340 e. The van der Waals surface area contributed by atoms with Crippen molar-refractivity contribution in [1.29, 1.82) is 0 Å². The van der Waals surface area contributed by atoms with Gasteiger partial charge in [-0.1, -0.05) is 6.07 Å². The van der Waals surface area contributed by atoms with Crippen LogP contribution < -0.4 is 10.6 Å². The summed E-state index contributed by atoms with van der Waals surface area (Å²) in [6.07, 6.45) is 5.94. The Bertz CT molecular complexity index is 557. The first-order valence-corrected chi connectivity index (χ1v) is 7.06. The van der Waals surface area contributed by atoms with Crippen molar-refractivity contribution in [2.24, 2.45) is 11.7 Å². The van der Waals surface area contributed by atoms with Gasteiger partial charge in [0, 0.05) is 25.5 Å². The summed E-state index contributed by atoms with van der Waals surface area (Å²) < 4.78 is 0. The predicted molar refractivity (Wildman–Crippen MR) is 79.3 cm³/mol. The number of nitrogens with two attached hydrogens (primary N) is 1. The van der Waals surface area contributed by atoms with E-state index in [1.54, 1.807) is 12.4 Å². The van der Waals surface area contributed by atoms with Crippen molar-refractivity contribution in [3.8, 4) is 11.4 Å². The van der Waals surface area contributed by atoms with E-state index in [2.05, 4.69) is 19.9 Å². The van der Waals surface area contributed by atoms with E-state index in [9.17, 15) is 0 Å². The van der Waals surface area contributed by atoms with Crippen molar-refractivity contribution in [2.45, 2.75) is 12.8 Å². The standard InChI is InChI=1S/C15H19N5/c16-10-12-4-3-9-20(11-12)15-18-8-6-14(19-15)13-5-1-2-7-17-13/h1-2,5-8,12H,3-4,9-11,16H2. The molecular formula is C15H19N5. The highest BCUT2D eigenvalue weighted by Crippen LogP contribution is 2.21. The number of pyridine rings is 1. The zero-order chi connectivity index (χ0) is 13.8. The highest BCUT2D eigenvalue weighted by atomic mass is 15.3. The molecule has 0 saturated carbocycles. The third-order valence-electron chi connectivity index (χ3n) is 3.71. The number of nitrogens with zero attached hydrogens (tertiary/aromatic N) is 4. The Morgan fingerprint density at radius 2 is 2.10 bits per heavy atom. The van der Waals surface area contributed by atoms with Crippen LogP contribution in [-0.2, 0) is 0 Å². The molecule has 20 heavy (non-hydrogen) atoms. The Morgan fingerprint density at radius 1 is 1.15 bits per heavy atom. The minimum absolute atomic E-state index is 0.547. The first-order chi connectivity index (χ1) is 9.86. The highest BCUT2D eigenvalue weighted by molar-refractivity contribution is 5.55. The van der Waals surface area contributed by atoms with Gasteiger partial charge in [-0.15, -0.1) is 0 Å². The van der Waals surface area contributed by atoms with Crippen LogP contribution in [0.5, 0.6) is 0 Å². The number of anilines is 1. The number of hydrogen-bond donors (Lipinski definition) is 1. The van der Waals surface area contributed by atoms with Crippen molar-refractivity contribution in [1.82, 2.24) is 15.0 Å². The summed E-state index contributed by atoms with van der Waals surface area (Å²) in [7, 11) is 0. The molecule has 1 aliphatic heterocycles. The van der Waals surface area contributed by atoms with Crippen LogP contribution in [0.25, 0.3) is 11.4 Å². The third kappa shape index (κ3) is 2.77. The highest BCUT2D eigenvalue weighted by Gasteiger charge is 2.20. The second kappa shape index (κ2) is 5.96. The minimum atomic E-state index is 0.547. The Kier molecular flexibility index (Phi) is 3.87. The van der Waals surface area contributed by atoms with E-state index in [1.807, 2.05) is 24.3 Å². The van der Waals surface area contributed by atoms with Crippen LogP contribution in [0.15, 0.2) is 36.7 Å². The molecule has 3 heterocycles. The lowest BCUT2D eigenvalue weighted by atomic mass is 9.99. The molecule has 0 spiro atoms. The molecule has 1 atom stereocenters. The van der Waals surface area contributed by atoms with E-state index in [-0.39, 0.29) is 0 Å². The molecule has 0 amide bonds. The molecule has 0 aromatic carbocycles. The Balaban J connectivity index is 1.84. The molecule has 5 nitrogen and oxygen atoms in total. The van der Waals surface area contributed by atoms with Crippen LogP contribution in [0.3, 0.4) is 0 Å². The minimum Gasteiger partial charge on any atom is -0.340 e. The molecule has 5 heteroatoms. The van der Waals surface area contributed by atoms with E-state index < -0.39 is 0 Å². The molecule has 2 aromatic rings. The zero-order valence-electron chi connectivity index (χ0n) is 11.4. The van der Waals surface area contributed by atoms with Gasteiger partial charge in [0.15, 0.2) is 0 Å². The zero-order valence-corrected chi connectivity index (χ0v) is 11.4. The summed E-state index contributed by atoms with van der Waals surface area (Å²) >= 11 is 0. The van der Waals surface area contributed by atoms with Crippen LogP contribution >= 0.6 is 0 Å². The molecule has 1 aliphatic rings. The average Bonchev–Trinajstić information content (AvgIpc) is 2.56. The van der Waals surface area contributed by atoms with Crippen LogP contribution in [-0.4, -0.2) is 34.6 Å². The topological polar surface area (TPSA) is 67.9 Å². The van der Waals surface area contributed by atoms with E-state index >= 15 is 0 Å². The van der Waals surface area contributed by atoms with Gasteiger partial charge in [0.1, 0.15) is 0 Å². The summed E-state index contributed by atoms with van der Waals surface area (Å²) in [6, 6.07) is 7.73. The normalized spacial score (nSPS) is 19.1. The Hall–Kier alpha value is -2.01. The van der Waals surface area contributed by atoms with E-state index in [0.717, 1.165) is 43.4 Å². The lowest BCUT2D eigenvalue weighted by Crippen LogP contribution is -2.39. The molecule has 2 aromatic heterocycles. The molecule has 0 aliphatic carbocycles. The summed E-state index contributed by atoms with van der Waals surface area (Å²) in [5.41, 5.74) is 7.53. The van der Waals surface area contributed by atoms with Crippen LogP contribution in [0.4, 0.5) is 5.95 Å². The number of hydrogen-bond acceptors (Lipinski definition) is 5. The first-order valence-electron chi connectivity index (χ1n) is 7.06. The van der Waals surface area contributed by atoms with Crippen molar-refractivity contribution >= 4 is 5.95 Å². The molecule has 0 bridgehead atoms. The smallest absolute Gasteiger partial charge is 0.225 e. The molecule has 3 rings (SSSR count). The van der Waals surface area contributed by atoms with Gasteiger partial charge in [-0.3, -0.25) is 4.98 Å². The van der Waals surface area contributed by atoms with Gasteiger partial charge in [-0.25, -0.2) is 9.97 Å². The van der Waals surface area contributed by atoms with Crippen LogP contribution in [0.2, 0.25) is 0 Å². The Labute approximate surface area is 118 Å². The summed E-state index contributed by atoms with van der Waals surface area (Å²) in [4.78, 5) is 15.6. The van der Waals surface area contributed by atoms with Gasteiger partial charge in [-0.2, -0.15) is 0 Å².